The number of carbonyl (C=O) groups is 1. The Balaban J connectivity index is 0.0000144. The Labute approximate surface area is 250 Å². The van der Waals surface area contributed by atoms with Crippen LogP contribution >= 0.6 is 0 Å². The highest BCUT2D eigenvalue weighted by atomic mass is 35.5. The molecule has 1 aliphatic rings. The minimum atomic E-state index is -0.00736. The zero-order valence-corrected chi connectivity index (χ0v) is 27.4. The molecule has 0 saturated heterocycles. The third kappa shape index (κ3) is 21.8. The van der Waals surface area contributed by atoms with Crippen molar-refractivity contribution in [3.05, 3.63) is 0 Å². The Morgan fingerprint density at radius 2 is 1.08 bits per heavy atom. The zero-order chi connectivity index (χ0) is 27.6. The van der Waals surface area contributed by atoms with Gasteiger partial charge in [-0.05, 0) is 12.8 Å². The lowest BCUT2D eigenvalue weighted by Crippen LogP contribution is -3.00. The number of aliphatic imine (C=N–C) groups is 1. The number of unbranched alkanes of at least 4 members (excludes halogenated alkanes) is 21. The average Bonchev–Trinajstić information content (AvgIpc) is 3.27. The maximum absolute atomic E-state index is 12.2. The molecule has 0 saturated carbocycles. The molecule has 0 aromatic heterocycles. The Morgan fingerprint density at radius 1 is 0.667 bits per heavy atom. The quantitative estimate of drug-likeness (QED) is 0.0567. The van der Waals surface area contributed by atoms with Crippen molar-refractivity contribution >= 4 is 11.8 Å². The van der Waals surface area contributed by atoms with E-state index in [0.717, 1.165) is 43.4 Å². The summed E-state index contributed by atoms with van der Waals surface area (Å²) in [6, 6.07) is 0. The predicted octanol–water partition coefficient (Wildman–Crippen LogP) is 7.18. The molecular weight excluding hydrogens is 504 g/mol. The second kappa shape index (κ2) is 27.6. The van der Waals surface area contributed by atoms with Gasteiger partial charge in [-0.15, -0.1) is 0 Å². The fourth-order valence-electron chi connectivity index (χ4n) is 5.78. The number of amidine groups is 1. The molecule has 1 unspecified atom stereocenters. The fourth-order valence-corrected chi connectivity index (χ4v) is 5.78. The summed E-state index contributed by atoms with van der Waals surface area (Å²) in [6.07, 6.45) is 32.8. The lowest BCUT2D eigenvalue weighted by Gasteiger charge is -2.30. The van der Waals surface area contributed by atoms with Crippen LogP contribution in [0.15, 0.2) is 4.99 Å². The first-order chi connectivity index (χ1) is 18.6. The normalized spacial score (nSPS) is 16.7. The molecule has 1 heterocycles. The fraction of sp³-hybridized carbons (Fsp3) is 0.941. The van der Waals surface area contributed by atoms with Crippen LogP contribution in [0.4, 0.5) is 0 Å². The topological polar surface area (TPSA) is 38.7 Å². The Bertz CT molecular complexity index is 584. The molecular formula is C34H67ClN2O2. The van der Waals surface area contributed by atoms with Crippen LogP contribution in [-0.2, 0) is 9.53 Å². The second-order valence-corrected chi connectivity index (χ2v) is 12.3. The van der Waals surface area contributed by atoms with Gasteiger partial charge in [-0.25, -0.2) is 4.99 Å². The molecule has 0 aliphatic carbocycles. The lowest BCUT2D eigenvalue weighted by molar-refractivity contribution is -0.815. The van der Waals surface area contributed by atoms with E-state index in [9.17, 15) is 4.79 Å². The molecule has 5 heteroatoms. The van der Waals surface area contributed by atoms with Gasteiger partial charge in [-0.1, -0.05) is 149 Å². The van der Waals surface area contributed by atoms with Crippen molar-refractivity contribution in [3.8, 4) is 0 Å². The second-order valence-electron chi connectivity index (χ2n) is 12.3. The number of esters is 1. The molecule has 0 aromatic rings. The number of hydrogen-bond donors (Lipinski definition) is 0. The minimum absolute atomic E-state index is 0. The summed E-state index contributed by atoms with van der Waals surface area (Å²) in [5, 5.41) is 0. The predicted molar refractivity (Wildman–Crippen MR) is 166 cm³/mol. The number of ether oxygens (including phenoxy) is 1. The van der Waals surface area contributed by atoms with Crippen LogP contribution in [0, 0.1) is 0 Å². The minimum Gasteiger partial charge on any atom is -1.00 e. The van der Waals surface area contributed by atoms with Gasteiger partial charge in [0.2, 0.25) is 0 Å². The van der Waals surface area contributed by atoms with Crippen molar-refractivity contribution in [2.75, 3.05) is 33.3 Å². The lowest BCUT2D eigenvalue weighted by atomic mass is 10.0. The van der Waals surface area contributed by atoms with Crippen molar-refractivity contribution in [3.63, 3.8) is 0 Å². The molecule has 39 heavy (non-hydrogen) atoms. The Kier molecular flexibility index (Phi) is 27.1. The first-order valence-corrected chi connectivity index (χ1v) is 17.2. The van der Waals surface area contributed by atoms with Crippen LogP contribution in [0.5, 0.6) is 0 Å². The molecule has 0 bridgehead atoms. The highest BCUT2D eigenvalue weighted by molar-refractivity contribution is 5.76. The molecule has 0 N–H and O–H groups in total. The van der Waals surface area contributed by atoms with Gasteiger partial charge in [-0.3, -0.25) is 9.28 Å². The van der Waals surface area contributed by atoms with Crippen molar-refractivity contribution in [1.29, 1.82) is 0 Å². The van der Waals surface area contributed by atoms with Crippen LogP contribution < -0.4 is 12.4 Å². The van der Waals surface area contributed by atoms with Crippen molar-refractivity contribution < 1.29 is 26.4 Å². The number of carbonyl (C=O) groups excluding carboxylic acids is 1. The molecule has 4 nitrogen and oxygen atoms in total. The summed E-state index contributed by atoms with van der Waals surface area (Å²) in [4.78, 5) is 17.0. The van der Waals surface area contributed by atoms with Crippen LogP contribution in [0.1, 0.15) is 174 Å². The summed E-state index contributed by atoms with van der Waals surface area (Å²) < 4.78 is 6.49. The van der Waals surface area contributed by atoms with E-state index in [2.05, 4.69) is 20.9 Å². The zero-order valence-electron chi connectivity index (χ0n) is 26.6. The Hall–Kier alpha value is -0.610. The number of likely N-dealkylation sites (N-methyl/N-ethyl adjacent to an activating group) is 1. The van der Waals surface area contributed by atoms with Crippen molar-refractivity contribution in [2.45, 2.75) is 174 Å². The molecule has 0 spiro atoms. The van der Waals surface area contributed by atoms with Gasteiger partial charge in [0.1, 0.15) is 19.7 Å². The van der Waals surface area contributed by atoms with Gasteiger partial charge in [0.05, 0.1) is 13.6 Å². The summed E-state index contributed by atoms with van der Waals surface area (Å²) in [6.45, 7) is 7.96. The summed E-state index contributed by atoms with van der Waals surface area (Å²) in [5.74, 6) is 1.32. The molecule has 1 rings (SSSR count). The molecule has 1 atom stereocenters. The standard InChI is InChI=1S/C34H67N2O2.ClH/c1-4-6-8-10-12-14-15-16-17-18-19-20-22-24-26-28-34(37)38-32-31-36(3)30-29-35-33(36)27-25-23-21-13-11-9-7-5-2;/h4-32H2,1-3H3;1H/q+1;/p-1. The number of halogens is 1. The largest absolute Gasteiger partial charge is 1.00 e. The van der Waals surface area contributed by atoms with Crippen molar-refractivity contribution in [2.24, 2.45) is 4.99 Å². The highest BCUT2D eigenvalue weighted by Gasteiger charge is 2.33. The van der Waals surface area contributed by atoms with E-state index in [0.29, 0.717) is 13.0 Å². The van der Waals surface area contributed by atoms with Gasteiger partial charge < -0.3 is 17.1 Å². The molecule has 1 aliphatic heterocycles. The van der Waals surface area contributed by atoms with Crippen LogP contribution in [0.2, 0.25) is 0 Å². The average molecular weight is 571 g/mol. The first-order valence-electron chi connectivity index (χ1n) is 17.2. The van der Waals surface area contributed by atoms with Crippen LogP contribution in [-0.4, -0.2) is 49.6 Å². The van der Waals surface area contributed by atoms with Crippen LogP contribution in [0.25, 0.3) is 0 Å². The first kappa shape index (κ1) is 38.4. The molecule has 232 valence electrons. The summed E-state index contributed by atoms with van der Waals surface area (Å²) in [5.41, 5.74) is 0. The Morgan fingerprint density at radius 3 is 1.54 bits per heavy atom. The van der Waals surface area contributed by atoms with E-state index >= 15 is 0 Å². The molecule has 0 fully saturated rings. The third-order valence-electron chi connectivity index (χ3n) is 8.60. The summed E-state index contributed by atoms with van der Waals surface area (Å²) in [7, 11) is 2.28. The van der Waals surface area contributed by atoms with E-state index < -0.39 is 0 Å². The number of hydrogen-bond acceptors (Lipinski definition) is 3. The number of rotatable bonds is 28. The third-order valence-corrected chi connectivity index (χ3v) is 8.60. The van der Waals surface area contributed by atoms with E-state index in [1.807, 2.05) is 0 Å². The van der Waals surface area contributed by atoms with Gasteiger partial charge in [-0.2, -0.15) is 0 Å². The van der Waals surface area contributed by atoms with Crippen molar-refractivity contribution in [1.82, 2.24) is 0 Å². The van der Waals surface area contributed by atoms with Gasteiger partial charge >= 0.3 is 5.97 Å². The maximum Gasteiger partial charge on any atom is 0.305 e. The molecule has 0 aromatic carbocycles. The molecule has 0 amide bonds. The highest BCUT2D eigenvalue weighted by Crippen LogP contribution is 2.18. The molecule has 0 radical (unpaired) electrons. The smallest absolute Gasteiger partial charge is 0.305 e. The number of nitrogens with zero attached hydrogens (tertiary/aromatic N) is 2. The van der Waals surface area contributed by atoms with E-state index in [4.69, 9.17) is 9.73 Å². The number of quaternary nitrogens is 1. The van der Waals surface area contributed by atoms with E-state index in [1.54, 1.807) is 0 Å². The van der Waals surface area contributed by atoms with Gasteiger partial charge in [0.25, 0.3) is 0 Å². The van der Waals surface area contributed by atoms with Gasteiger partial charge in [0.15, 0.2) is 5.84 Å². The maximum atomic E-state index is 12.2. The van der Waals surface area contributed by atoms with Gasteiger partial charge in [0, 0.05) is 12.8 Å². The van der Waals surface area contributed by atoms with Crippen LogP contribution in [0.3, 0.4) is 0 Å². The summed E-state index contributed by atoms with van der Waals surface area (Å²) >= 11 is 0. The SMILES string of the molecule is CCCCCCCCCCCCCCCCCC(=O)OCC[N+]1(C)CCN=C1CCCCCCCCCC.[Cl-]. The monoisotopic (exact) mass is 570 g/mol. The van der Waals surface area contributed by atoms with E-state index in [1.165, 1.54) is 141 Å². The van der Waals surface area contributed by atoms with E-state index in [-0.39, 0.29) is 18.4 Å².